The van der Waals surface area contributed by atoms with Crippen LogP contribution < -0.4 is 0 Å². The van der Waals surface area contributed by atoms with Crippen molar-refractivity contribution >= 4 is 14.5 Å². The first-order valence-corrected chi connectivity index (χ1v) is 11.1. The predicted octanol–water partition coefficient (Wildman–Crippen LogP) is 6.59. The van der Waals surface area contributed by atoms with Gasteiger partial charge in [-0.05, 0) is 0 Å². The van der Waals surface area contributed by atoms with Gasteiger partial charge in [0.15, 0.2) is 0 Å². The zero-order valence-corrected chi connectivity index (χ0v) is 17.8. The van der Waals surface area contributed by atoms with Crippen LogP contribution in [0.3, 0.4) is 0 Å². The molecule has 0 saturated heterocycles. The van der Waals surface area contributed by atoms with Crippen LogP contribution in [-0.4, -0.2) is 14.5 Å². The molecule has 0 aliphatic heterocycles. The van der Waals surface area contributed by atoms with Gasteiger partial charge in [0, 0.05) is 0 Å². The van der Waals surface area contributed by atoms with E-state index in [2.05, 4.69) is 99.6 Å². The van der Waals surface area contributed by atoms with Crippen molar-refractivity contribution in [3.8, 4) is 20.0 Å². The monoisotopic (exact) mass is 416 g/mol. The van der Waals surface area contributed by atoms with E-state index in [4.69, 9.17) is 0 Å². The SMILES string of the molecule is Cc1ccc(Cc2cc(-c3ccc(C)cc3)[se]c2-c2ccc(C)cc2)cc1. The first-order valence-electron chi connectivity index (χ1n) is 9.41. The molecule has 0 amide bonds. The average molecular weight is 415 g/mol. The van der Waals surface area contributed by atoms with Crippen LogP contribution in [0.1, 0.15) is 27.8 Å². The van der Waals surface area contributed by atoms with E-state index in [-0.39, 0.29) is 0 Å². The Hall–Kier alpha value is -2.34. The van der Waals surface area contributed by atoms with Crippen LogP contribution in [0.4, 0.5) is 0 Å². The molecule has 0 nitrogen and oxygen atoms in total. The van der Waals surface area contributed by atoms with Gasteiger partial charge in [0.1, 0.15) is 0 Å². The normalized spacial score (nSPS) is 10.9. The zero-order chi connectivity index (χ0) is 18.8. The number of hydrogen-bond donors (Lipinski definition) is 0. The number of hydrogen-bond acceptors (Lipinski definition) is 0. The van der Waals surface area contributed by atoms with Crippen LogP contribution in [0, 0.1) is 20.8 Å². The molecular formula is C26H24Se. The van der Waals surface area contributed by atoms with Crippen molar-refractivity contribution in [3.05, 3.63) is 107 Å². The van der Waals surface area contributed by atoms with Gasteiger partial charge in [-0.1, -0.05) is 0 Å². The Balaban J connectivity index is 1.77. The fourth-order valence-corrected chi connectivity index (χ4v) is 5.79. The van der Waals surface area contributed by atoms with E-state index < -0.39 is 0 Å². The van der Waals surface area contributed by atoms with Crippen molar-refractivity contribution in [2.24, 2.45) is 0 Å². The summed E-state index contributed by atoms with van der Waals surface area (Å²) < 4.78 is 3.01. The maximum absolute atomic E-state index is 2.44. The molecule has 1 heteroatoms. The summed E-state index contributed by atoms with van der Waals surface area (Å²) in [5, 5.41) is 0. The Kier molecular flexibility index (Phi) is 5.16. The van der Waals surface area contributed by atoms with Crippen molar-refractivity contribution in [1.29, 1.82) is 0 Å². The molecule has 1 heterocycles. The molecule has 0 aliphatic carbocycles. The fraction of sp³-hybridized carbons (Fsp3) is 0.154. The second-order valence-electron chi connectivity index (χ2n) is 7.36. The first-order chi connectivity index (χ1) is 13.1. The van der Waals surface area contributed by atoms with Crippen LogP contribution >= 0.6 is 0 Å². The summed E-state index contributed by atoms with van der Waals surface area (Å²) in [6.45, 7) is 6.45. The average Bonchev–Trinajstić information content (AvgIpc) is 3.08. The van der Waals surface area contributed by atoms with Crippen LogP contribution in [0.5, 0.6) is 0 Å². The van der Waals surface area contributed by atoms with E-state index in [1.807, 2.05) is 0 Å². The molecule has 3 aromatic carbocycles. The molecule has 0 fully saturated rings. The summed E-state index contributed by atoms with van der Waals surface area (Å²) >= 11 is 0.338. The minimum absolute atomic E-state index is 0.338. The van der Waals surface area contributed by atoms with E-state index >= 15 is 0 Å². The van der Waals surface area contributed by atoms with Crippen LogP contribution in [-0.2, 0) is 6.42 Å². The van der Waals surface area contributed by atoms with Crippen molar-refractivity contribution in [2.45, 2.75) is 27.2 Å². The van der Waals surface area contributed by atoms with Gasteiger partial charge >= 0.3 is 168 Å². The molecule has 0 aliphatic rings. The van der Waals surface area contributed by atoms with Gasteiger partial charge in [-0.3, -0.25) is 0 Å². The van der Waals surface area contributed by atoms with Crippen molar-refractivity contribution in [1.82, 2.24) is 0 Å². The molecule has 0 atom stereocenters. The summed E-state index contributed by atoms with van der Waals surface area (Å²) in [6, 6.07) is 29.4. The van der Waals surface area contributed by atoms with Crippen LogP contribution in [0.25, 0.3) is 20.0 Å². The third kappa shape index (κ3) is 4.16. The zero-order valence-electron chi connectivity index (χ0n) is 16.1. The Morgan fingerprint density at radius 1 is 0.593 bits per heavy atom. The summed E-state index contributed by atoms with van der Waals surface area (Å²) in [7, 11) is 0. The maximum atomic E-state index is 2.44. The number of aryl methyl sites for hydroxylation is 3. The molecule has 1 aromatic heterocycles. The van der Waals surface area contributed by atoms with E-state index in [9.17, 15) is 0 Å². The Morgan fingerprint density at radius 2 is 1.07 bits per heavy atom. The van der Waals surface area contributed by atoms with E-state index in [0.29, 0.717) is 14.5 Å². The molecule has 4 rings (SSSR count). The molecule has 0 N–H and O–H groups in total. The summed E-state index contributed by atoms with van der Waals surface area (Å²) in [6.07, 6.45) is 1.00. The van der Waals surface area contributed by atoms with E-state index in [1.54, 1.807) is 0 Å². The van der Waals surface area contributed by atoms with Gasteiger partial charge in [-0.2, -0.15) is 0 Å². The molecule has 0 saturated carbocycles. The standard InChI is InChI=1S/C26H24Se/c1-18-4-10-21(11-5-18)16-24-17-25(22-12-6-19(2)7-13-22)27-26(24)23-14-8-20(3)9-15-23/h4-15,17H,16H2,1-3H3. The molecule has 0 unspecified atom stereocenters. The summed E-state index contributed by atoms with van der Waals surface area (Å²) in [4.78, 5) is 0. The second-order valence-corrected chi connectivity index (χ2v) is 9.57. The Labute approximate surface area is 168 Å². The number of rotatable bonds is 4. The van der Waals surface area contributed by atoms with Crippen molar-refractivity contribution in [3.63, 3.8) is 0 Å². The summed E-state index contributed by atoms with van der Waals surface area (Å²) in [5.41, 5.74) is 9.55. The van der Waals surface area contributed by atoms with Gasteiger partial charge in [0.2, 0.25) is 0 Å². The first kappa shape index (κ1) is 18.0. The fourth-order valence-electron chi connectivity index (χ4n) is 3.30. The molecule has 0 radical (unpaired) electrons. The third-order valence-corrected chi connectivity index (χ3v) is 7.65. The second kappa shape index (κ2) is 7.72. The minimum atomic E-state index is 0.338. The summed E-state index contributed by atoms with van der Waals surface area (Å²) in [5.74, 6) is 0. The van der Waals surface area contributed by atoms with Crippen LogP contribution in [0.2, 0.25) is 0 Å². The molecule has 0 bridgehead atoms. The molecular weight excluding hydrogens is 391 g/mol. The van der Waals surface area contributed by atoms with E-state index in [1.165, 1.54) is 47.8 Å². The van der Waals surface area contributed by atoms with Gasteiger partial charge in [-0.15, -0.1) is 0 Å². The quantitative estimate of drug-likeness (QED) is 0.330. The van der Waals surface area contributed by atoms with Crippen LogP contribution in [0.15, 0.2) is 78.9 Å². The third-order valence-electron chi connectivity index (χ3n) is 4.97. The van der Waals surface area contributed by atoms with Crippen molar-refractivity contribution in [2.75, 3.05) is 0 Å². The molecule has 134 valence electrons. The van der Waals surface area contributed by atoms with Crippen molar-refractivity contribution < 1.29 is 0 Å². The van der Waals surface area contributed by atoms with E-state index in [0.717, 1.165) is 6.42 Å². The molecule has 0 spiro atoms. The molecule has 27 heavy (non-hydrogen) atoms. The van der Waals surface area contributed by atoms with Gasteiger partial charge in [0.25, 0.3) is 0 Å². The Morgan fingerprint density at radius 3 is 1.63 bits per heavy atom. The topological polar surface area (TPSA) is 0 Å². The van der Waals surface area contributed by atoms with Gasteiger partial charge in [0.05, 0.1) is 0 Å². The predicted molar refractivity (Wildman–Crippen MR) is 118 cm³/mol. The van der Waals surface area contributed by atoms with Gasteiger partial charge < -0.3 is 0 Å². The van der Waals surface area contributed by atoms with Gasteiger partial charge in [-0.25, -0.2) is 0 Å². The molecule has 4 aromatic rings. The number of benzene rings is 3. The Bertz CT molecular complexity index is 1030.